The molecule has 1 aromatic rings. The molecule has 1 atom stereocenters. The maximum absolute atomic E-state index is 11.9. The third-order valence-corrected chi connectivity index (χ3v) is 3.10. The summed E-state index contributed by atoms with van der Waals surface area (Å²) in [5.74, 6) is -2.67. The summed E-state index contributed by atoms with van der Waals surface area (Å²) in [5.41, 5.74) is 0.420. The molecule has 0 saturated heterocycles. The van der Waals surface area contributed by atoms with Crippen LogP contribution in [0.3, 0.4) is 0 Å². The van der Waals surface area contributed by atoms with Crippen LogP contribution in [0.2, 0.25) is 0 Å². The summed E-state index contributed by atoms with van der Waals surface area (Å²) in [4.78, 5) is 35.2. The van der Waals surface area contributed by atoms with Crippen LogP contribution in [-0.4, -0.2) is 28.7 Å². The van der Waals surface area contributed by atoms with Gasteiger partial charge in [0.1, 0.15) is 0 Å². The Morgan fingerprint density at radius 3 is 2.39 bits per heavy atom. The predicted molar refractivity (Wildman–Crippen MR) is 59.1 cm³/mol. The van der Waals surface area contributed by atoms with Gasteiger partial charge in [0.2, 0.25) is 0 Å². The van der Waals surface area contributed by atoms with Crippen molar-refractivity contribution < 1.29 is 49.0 Å². The maximum Gasteiger partial charge on any atom is 1.00 e. The van der Waals surface area contributed by atoms with Crippen LogP contribution in [0.25, 0.3) is 0 Å². The molecule has 0 fully saturated rings. The molecule has 5 nitrogen and oxygen atoms in total. The third-order valence-electron chi connectivity index (χ3n) is 2.61. The summed E-state index contributed by atoms with van der Waals surface area (Å²) in [6, 6.07) is 3.33. The fourth-order valence-corrected chi connectivity index (χ4v) is 2.05. The molecule has 0 aromatic heterocycles. The van der Waals surface area contributed by atoms with Crippen molar-refractivity contribution in [2.45, 2.75) is 13.0 Å². The number of halogens is 1. The molecule has 0 bridgehead atoms. The van der Waals surface area contributed by atoms with Gasteiger partial charge < -0.3 is 9.90 Å². The number of nitrogens with zero attached hydrogens (tertiary/aromatic N) is 1. The van der Waals surface area contributed by atoms with E-state index in [-0.39, 0.29) is 40.7 Å². The molecule has 0 aliphatic carbocycles. The Bertz CT molecular complexity index is 546. The van der Waals surface area contributed by atoms with Crippen molar-refractivity contribution in [1.29, 1.82) is 0 Å². The van der Waals surface area contributed by atoms with E-state index in [9.17, 15) is 19.5 Å². The molecule has 18 heavy (non-hydrogen) atoms. The van der Waals surface area contributed by atoms with Crippen molar-refractivity contribution >= 4 is 33.7 Å². The van der Waals surface area contributed by atoms with E-state index in [4.69, 9.17) is 0 Å². The zero-order valence-corrected chi connectivity index (χ0v) is 13.4. The second-order valence-corrected chi connectivity index (χ2v) is 4.58. The average Bonchev–Trinajstić information content (AvgIpc) is 2.50. The Morgan fingerprint density at radius 1 is 1.28 bits per heavy atom. The Balaban J connectivity index is 0.00000162. The fraction of sp³-hybridized carbons (Fsp3) is 0.182. The number of fused-ring (bicyclic) bond motifs is 1. The molecule has 1 unspecified atom stereocenters. The number of amides is 2. The Hall–Kier alpha value is -0.690. The average molecular weight is 320 g/mol. The maximum atomic E-state index is 11.9. The third kappa shape index (κ3) is 2.38. The van der Waals surface area contributed by atoms with Gasteiger partial charge in [-0.15, -0.1) is 0 Å². The minimum atomic E-state index is -1.46. The van der Waals surface area contributed by atoms with Gasteiger partial charge in [-0.05, 0) is 25.1 Å². The molecular formula is C11H7BrNNaO4. The zero-order chi connectivity index (χ0) is 12.7. The van der Waals surface area contributed by atoms with Crippen molar-refractivity contribution in [3.8, 4) is 0 Å². The van der Waals surface area contributed by atoms with Gasteiger partial charge in [-0.1, -0.05) is 15.9 Å². The number of carbonyl (C=O) groups is 3. The van der Waals surface area contributed by atoms with Crippen molar-refractivity contribution in [3.63, 3.8) is 0 Å². The van der Waals surface area contributed by atoms with Crippen LogP contribution in [0.5, 0.6) is 0 Å². The standard InChI is InChI=1S/C11H8BrNO4.Na/c1-5(11(16)17)13-9(14)7-3-2-6(12)4-8(7)10(13)15;/h2-5H,1H3,(H,16,17);/q;+1/p-1. The molecule has 1 heterocycles. The number of imide groups is 1. The topological polar surface area (TPSA) is 77.5 Å². The van der Waals surface area contributed by atoms with Crippen LogP contribution in [0, 0.1) is 0 Å². The summed E-state index contributed by atoms with van der Waals surface area (Å²) in [7, 11) is 0. The number of rotatable bonds is 2. The monoisotopic (exact) mass is 319 g/mol. The number of carboxylic acids is 1. The molecule has 0 spiro atoms. The summed E-state index contributed by atoms with van der Waals surface area (Å²) >= 11 is 3.19. The predicted octanol–water partition coefficient (Wildman–Crippen LogP) is -2.81. The molecule has 2 rings (SSSR count). The molecule has 0 saturated carbocycles. The van der Waals surface area contributed by atoms with Gasteiger partial charge in [-0.3, -0.25) is 14.5 Å². The second kappa shape index (κ2) is 5.52. The molecule has 7 heteroatoms. The number of aliphatic carboxylic acids is 1. The smallest absolute Gasteiger partial charge is 0.548 e. The molecule has 1 aliphatic rings. The Morgan fingerprint density at radius 2 is 1.83 bits per heavy atom. The SMILES string of the molecule is CC(C(=O)[O-])N1C(=O)c2ccc(Br)cc2C1=O.[Na+]. The van der Waals surface area contributed by atoms with E-state index >= 15 is 0 Å². The van der Waals surface area contributed by atoms with Gasteiger partial charge in [0.05, 0.1) is 23.1 Å². The number of carboxylic acid groups (broad SMARTS) is 1. The Kier molecular flexibility index (Phi) is 4.72. The minimum absolute atomic E-state index is 0. The van der Waals surface area contributed by atoms with Crippen LogP contribution in [0.1, 0.15) is 27.6 Å². The van der Waals surface area contributed by atoms with Crippen molar-refractivity contribution in [3.05, 3.63) is 33.8 Å². The first-order valence-corrected chi connectivity index (χ1v) is 5.61. The van der Waals surface area contributed by atoms with Crippen molar-refractivity contribution in [2.24, 2.45) is 0 Å². The number of hydrogen-bond donors (Lipinski definition) is 0. The van der Waals surface area contributed by atoms with Crippen molar-refractivity contribution in [2.75, 3.05) is 0 Å². The van der Waals surface area contributed by atoms with Gasteiger partial charge in [-0.25, -0.2) is 0 Å². The van der Waals surface area contributed by atoms with Crippen molar-refractivity contribution in [1.82, 2.24) is 4.90 Å². The van der Waals surface area contributed by atoms with Gasteiger partial charge in [-0.2, -0.15) is 0 Å². The van der Waals surface area contributed by atoms with E-state index < -0.39 is 23.8 Å². The number of benzene rings is 1. The molecule has 1 aromatic carbocycles. The zero-order valence-electron chi connectivity index (χ0n) is 9.77. The second-order valence-electron chi connectivity index (χ2n) is 3.67. The largest absolute Gasteiger partial charge is 1.00 e. The summed E-state index contributed by atoms with van der Waals surface area (Å²) in [6.45, 7) is 1.24. The first kappa shape index (κ1) is 15.4. The molecule has 0 N–H and O–H groups in total. The van der Waals surface area contributed by atoms with Gasteiger partial charge >= 0.3 is 29.6 Å². The normalized spacial score (nSPS) is 15.1. The summed E-state index contributed by atoms with van der Waals surface area (Å²) < 4.78 is 0.653. The van der Waals surface area contributed by atoms with E-state index in [1.807, 2.05) is 0 Å². The molecule has 0 radical (unpaired) electrons. The van der Waals surface area contributed by atoms with Crippen LogP contribution >= 0.6 is 15.9 Å². The molecule has 1 aliphatic heterocycles. The van der Waals surface area contributed by atoms with E-state index in [0.29, 0.717) is 9.37 Å². The van der Waals surface area contributed by atoms with Crippen LogP contribution < -0.4 is 34.7 Å². The van der Waals surface area contributed by atoms with Gasteiger partial charge in [0.25, 0.3) is 11.8 Å². The van der Waals surface area contributed by atoms with Gasteiger partial charge in [0, 0.05) is 4.47 Å². The molecular weight excluding hydrogens is 313 g/mol. The van der Waals surface area contributed by atoms with Crippen LogP contribution in [0.4, 0.5) is 0 Å². The molecule has 2 amide bonds. The summed E-state index contributed by atoms with van der Waals surface area (Å²) in [6.07, 6.45) is 0. The van der Waals surface area contributed by atoms with Crippen LogP contribution in [0.15, 0.2) is 22.7 Å². The fourth-order valence-electron chi connectivity index (χ4n) is 1.69. The molecule has 88 valence electrons. The Labute approximate surface area is 134 Å². The minimum Gasteiger partial charge on any atom is -0.548 e. The van der Waals surface area contributed by atoms with E-state index in [1.165, 1.54) is 19.1 Å². The van der Waals surface area contributed by atoms with Crippen LogP contribution in [-0.2, 0) is 4.79 Å². The first-order valence-electron chi connectivity index (χ1n) is 4.81. The first-order chi connectivity index (χ1) is 7.93. The van der Waals surface area contributed by atoms with E-state index in [0.717, 1.165) is 0 Å². The van der Waals surface area contributed by atoms with E-state index in [2.05, 4.69) is 15.9 Å². The van der Waals surface area contributed by atoms with Gasteiger partial charge in [0.15, 0.2) is 0 Å². The van der Waals surface area contributed by atoms with E-state index in [1.54, 1.807) is 6.07 Å². The summed E-state index contributed by atoms with van der Waals surface area (Å²) in [5, 5.41) is 10.7. The number of carbonyl (C=O) groups excluding carboxylic acids is 3. The quantitative estimate of drug-likeness (QED) is 0.435. The number of hydrogen-bond acceptors (Lipinski definition) is 4.